The van der Waals surface area contributed by atoms with Gasteiger partial charge in [-0.25, -0.2) is 4.98 Å². The average Bonchev–Trinajstić information content (AvgIpc) is 2.65. The molecule has 2 N–H and O–H groups in total. The lowest BCUT2D eigenvalue weighted by Gasteiger charge is -2.16. The van der Waals surface area contributed by atoms with Gasteiger partial charge in [-0.2, -0.15) is 0 Å². The second-order valence-electron chi connectivity index (χ2n) is 3.46. The van der Waals surface area contributed by atoms with E-state index in [0.29, 0.717) is 0 Å². The van der Waals surface area contributed by atoms with E-state index in [1.165, 1.54) is 0 Å². The summed E-state index contributed by atoms with van der Waals surface area (Å²) >= 11 is 0. The molecule has 0 saturated carbocycles. The Kier molecular flexibility index (Phi) is 4.10. The highest BCUT2D eigenvalue weighted by Gasteiger charge is 2.14. The highest BCUT2D eigenvalue weighted by molar-refractivity contribution is 4.98. The Morgan fingerprint density at radius 1 is 1.64 bits per heavy atom. The fourth-order valence-electron chi connectivity index (χ4n) is 1.48. The van der Waals surface area contributed by atoms with E-state index in [4.69, 9.17) is 10.5 Å². The Balaban J connectivity index is 2.64. The molecule has 0 spiro atoms. The molecular weight excluding hydrogens is 178 g/mol. The molecule has 14 heavy (non-hydrogen) atoms. The van der Waals surface area contributed by atoms with Gasteiger partial charge >= 0.3 is 0 Å². The summed E-state index contributed by atoms with van der Waals surface area (Å²) in [5, 5.41) is 0. The van der Waals surface area contributed by atoms with Crippen LogP contribution in [-0.4, -0.2) is 22.8 Å². The first-order valence-corrected chi connectivity index (χ1v) is 4.98. The van der Waals surface area contributed by atoms with Gasteiger partial charge in [-0.15, -0.1) is 0 Å². The van der Waals surface area contributed by atoms with Crippen LogP contribution in [0.4, 0.5) is 0 Å². The maximum atomic E-state index is 6.03. The summed E-state index contributed by atoms with van der Waals surface area (Å²) in [6.45, 7) is 5.00. The zero-order valence-electron chi connectivity index (χ0n) is 9.10. The summed E-state index contributed by atoms with van der Waals surface area (Å²) in [5.41, 5.74) is 6.03. The third kappa shape index (κ3) is 2.56. The summed E-state index contributed by atoms with van der Waals surface area (Å²) in [7, 11) is 1.70. The summed E-state index contributed by atoms with van der Waals surface area (Å²) in [5.74, 6) is 0.941. The Morgan fingerprint density at radius 2 is 2.36 bits per heavy atom. The molecule has 2 atom stereocenters. The van der Waals surface area contributed by atoms with E-state index < -0.39 is 0 Å². The van der Waals surface area contributed by atoms with Gasteiger partial charge in [0.25, 0.3) is 0 Å². The van der Waals surface area contributed by atoms with Crippen LogP contribution in [0.2, 0.25) is 0 Å². The lowest BCUT2D eigenvalue weighted by molar-refractivity contribution is 0.103. The minimum atomic E-state index is -0.0418. The third-order valence-electron chi connectivity index (χ3n) is 2.41. The van der Waals surface area contributed by atoms with E-state index in [-0.39, 0.29) is 12.1 Å². The minimum absolute atomic E-state index is 0.0418. The molecule has 1 heterocycles. The highest BCUT2D eigenvalue weighted by Crippen LogP contribution is 2.15. The normalized spacial score (nSPS) is 15.4. The van der Waals surface area contributed by atoms with Crippen molar-refractivity contribution in [3.8, 4) is 0 Å². The quantitative estimate of drug-likeness (QED) is 0.774. The summed E-state index contributed by atoms with van der Waals surface area (Å²) < 4.78 is 7.24. The first kappa shape index (κ1) is 11.2. The number of methoxy groups -OCH3 is 1. The first-order valence-electron chi connectivity index (χ1n) is 4.98. The number of imidazole rings is 1. The SMILES string of the molecule is CCn1ccnc1C(N)CC(C)OC. The average molecular weight is 197 g/mol. The number of ether oxygens (including phenoxy) is 1. The van der Waals surface area contributed by atoms with Crippen molar-refractivity contribution in [2.45, 2.75) is 39.0 Å². The lowest BCUT2D eigenvalue weighted by atomic mass is 10.1. The molecule has 1 aromatic heterocycles. The molecule has 4 heteroatoms. The molecule has 1 aromatic rings. The fraction of sp³-hybridized carbons (Fsp3) is 0.700. The summed E-state index contributed by atoms with van der Waals surface area (Å²) in [6.07, 6.45) is 4.71. The van der Waals surface area contributed by atoms with Crippen molar-refractivity contribution in [3.63, 3.8) is 0 Å². The smallest absolute Gasteiger partial charge is 0.125 e. The second-order valence-corrected chi connectivity index (χ2v) is 3.46. The van der Waals surface area contributed by atoms with Crippen molar-refractivity contribution in [3.05, 3.63) is 18.2 Å². The van der Waals surface area contributed by atoms with Crippen LogP contribution in [0.3, 0.4) is 0 Å². The molecule has 0 aromatic carbocycles. The van der Waals surface area contributed by atoms with Crippen molar-refractivity contribution in [2.24, 2.45) is 5.73 Å². The molecule has 0 saturated heterocycles. The molecule has 0 amide bonds. The van der Waals surface area contributed by atoms with E-state index in [2.05, 4.69) is 16.5 Å². The van der Waals surface area contributed by atoms with Gasteiger partial charge in [-0.05, 0) is 20.3 Å². The molecule has 0 fully saturated rings. The van der Waals surface area contributed by atoms with Gasteiger partial charge in [-0.3, -0.25) is 0 Å². The Bertz CT molecular complexity index is 272. The third-order valence-corrected chi connectivity index (χ3v) is 2.41. The van der Waals surface area contributed by atoms with E-state index in [1.54, 1.807) is 13.3 Å². The van der Waals surface area contributed by atoms with Crippen molar-refractivity contribution in [1.29, 1.82) is 0 Å². The van der Waals surface area contributed by atoms with Crippen molar-refractivity contribution < 1.29 is 4.74 Å². The van der Waals surface area contributed by atoms with E-state index in [9.17, 15) is 0 Å². The van der Waals surface area contributed by atoms with Crippen LogP contribution in [0.15, 0.2) is 12.4 Å². The van der Waals surface area contributed by atoms with E-state index >= 15 is 0 Å². The van der Waals surface area contributed by atoms with Crippen LogP contribution < -0.4 is 5.73 Å². The van der Waals surface area contributed by atoms with Gasteiger partial charge in [0, 0.05) is 26.0 Å². The Labute approximate surface area is 85.1 Å². The van der Waals surface area contributed by atoms with Crippen LogP contribution in [0.1, 0.15) is 32.1 Å². The topological polar surface area (TPSA) is 53.1 Å². The predicted molar refractivity (Wildman–Crippen MR) is 55.9 cm³/mol. The Morgan fingerprint density at radius 3 is 2.93 bits per heavy atom. The summed E-state index contributed by atoms with van der Waals surface area (Å²) in [4.78, 5) is 4.26. The van der Waals surface area contributed by atoms with Crippen LogP contribution in [0, 0.1) is 0 Å². The molecule has 80 valence electrons. The zero-order valence-corrected chi connectivity index (χ0v) is 9.10. The lowest BCUT2D eigenvalue weighted by Crippen LogP contribution is -2.21. The van der Waals surface area contributed by atoms with Gasteiger partial charge in [0.1, 0.15) is 5.82 Å². The van der Waals surface area contributed by atoms with E-state index in [1.807, 2.05) is 13.1 Å². The number of aryl methyl sites for hydroxylation is 1. The number of rotatable bonds is 5. The van der Waals surface area contributed by atoms with Gasteiger partial charge < -0.3 is 15.0 Å². The van der Waals surface area contributed by atoms with Gasteiger partial charge in [-0.1, -0.05) is 0 Å². The molecule has 0 aliphatic heterocycles. The van der Waals surface area contributed by atoms with Gasteiger partial charge in [0.05, 0.1) is 12.1 Å². The van der Waals surface area contributed by atoms with Crippen LogP contribution in [0.5, 0.6) is 0 Å². The van der Waals surface area contributed by atoms with E-state index in [0.717, 1.165) is 18.8 Å². The molecule has 2 unspecified atom stereocenters. The molecule has 0 bridgehead atoms. The maximum absolute atomic E-state index is 6.03. The number of nitrogens with two attached hydrogens (primary N) is 1. The van der Waals surface area contributed by atoms with Crippen molar-refractivity contribution in [2.75, 3.05) is 7.11 Å². The molecule has 0 aliphatic rings. The highest BCUT2D eigenvalue weighted by atomic mass is 16.5. The summed E-state index contributed by atoms with van der Waals surface area (Å²) in [6, 6.07) is -0.0418. The van der Waals surface area contributed by atoms with Gasteiger partial charge in [0.2, 0.25) is 0 Å². The second kappa shape index (κ2) is 5.12. The number of aromatic nitrogens is 2. The Hall–Kier alpha value is -0.870. The number of hydrogen-bond acceptors (Lipinski definition) is 3. The van der Waals surface area contributed by atoms with Crippen LogP contribution in [0.25, 0.3) is 0 Å². The predicted octanol–water partition coefficient (Wildman–Crippen LogP) is 1.33. The molecule has 1 rings (SSSR count). The number of hydrogen-bond donors (Lipinski definition) is 1. The van der Waals surface area contributed by atoms with Crippen LogP contribution >= 0.6 is 0 Å². The zero-order chi connectivity index (χ0) is 10.6. The number of nitrogens with zero attached hydrogens (tertiary/aromatic N) is 2. The maximum Gasteiger partial charge on any atom is 0.125 e. The standard InChI is InChI=1S/C10H19N3O/c1-4-13-6-5-12-10(13)9(11)7-8(2)14-3/h5-6,8-9H,4,7,11H2,1-3H3. The fourth-order valence-corrected chi connectivity index (χ4v) is 1.48. The molecule has 0 aliphatic carbocycles. The van der Waals surface area contributed by atoms with Crippen molar-refractivity contribution >= 4 is 0 Å². The van der Waals surface area contributed by atoms with Gasteiger partial charge in [0.15, 0.2) is 0 Å². The molecule has 0 radical (unpaired) electrons. The first-order chi connectivity index (χ1) is 6.69. The minimum Gasteiger partial charge on any atom is -0.382 e. The van der Waals surface area contributed by atoms with Crippen LogP contribution in [-0.2, 0) is 11.3 Å². The molecule has 4 nitrogen and oxygen atoms in total. The van der Waals surface area contributed by atoms with Crippen molar-refractivity contribution in [1.82, 2.24) is 9.55 Å². The largest absolute Gasteiger partial charge is 0.382 e. The monoisotopic (exact) mass is 197 g/mol. The molecular formula is C10H19N3O.